The lowest BCUT2D eigenvalue weighted by molar-refractivity contribution is -0.123. The SMILES string of the molecule is C[C@@H](NC(=O)C1c2ccccc2Oc2ccccc21)[C@@H]1CCCO1. The fourth-order valence-corrected chi connectivity index (χ4v) is 3.59. The third-order valence-electron chi connectivity index (χ3n) is 4.83. The average Bonchev–Trinajstić information content (AvgIpc) is 3.14. The number of hydrogen-bond acceptors (Lipinski definition) is 3. The summed E-state index contributed by atoms with van der Waals surface area (Å²) in [6, 6.07) is 15.5. The van der Waals surface area contributed by atoms with Crippen LogP contribution in [0.1, 0.15) is 36.8 Å². The molecule has 1 N–H and O–H groups in total. The molecule has 0 unspecified atom stereocenters. The van der Waals surface area contributed by atoms with E-state index in [1.165, 1.54) is 0 Å². The van der Waals surface area contributed by atoms with Crippen molar-refractivity contribution < 1.29 is 14.3 Å². The van der Waals surface area contributed by atoms with Gasteiger partial charge in [0.2, 0.25) is 5.91 Å². The summed E-state index contributed by atoms with van der Waals surface area (Å²) >= 11 is 0. The topological polar surface area (TPSA) is 47.6 Å². The molecule has 24 heavy (non-hydrogen) atoms. The van der Waals surface area contributed by atoms with Gasteiger partial charge in [0.25, 0.3) is 0 Å². The highest BCUT2D eigenvalue weighted by Gasteiger charge is 2.34. The van der Waals surface area contributed by atoms with E-state index < -0.39 is 0 Å². The van der Waals surface area contributed by atoms with Crippen LogP contribution in [0.3, 0.4) is 0 Å². The van der Waals surface area contributed by atoms with Crippen molar-refractivity contribution in [3.63, 3.8) is 0 Å². The van der Waals surface area contributed by atoms with Crippen molar-refractivity contribution >= 4 is 5.91 Å². The van der Waals surface area contributed by atoms with Gasteiger partial charge in [0.1, 0.15) is 11.5 Å². The Kier molecular flexibility index (Phi) is 3.98. The van der Waals surface area contributed by atoms with E-state index >= 15 is 0 Å². The molecule has 2 aliphatic rings. The third kappa shape index (κ3) is 2.67. The Hall–Kier alpha value is -2.33. The molecule has 2 heterocycles. The average molecular weight is 323 g/mol. The number of carbonyl (C=O) groups is 1. The third-order valence-corrected chi connectivity index (χ3v) is 4.83. The van der Waals surface area contributed by atoms with Crippen LogP contribution in [0.2, 0.25) is 0 Å². The molecule has 0 bridgehead atoms. The first-order valence-corrected chi connectivity index (χ1v) is 8.52. The van der Waals surface area contributed by atoms with Gasteiger partial charge in [0, 0.05) is 17.7 Å². The van der Waals surface area contributed by atoms with Crippen LogP contribution in [0, 0.1) is 0 Å². The summed E-state index contributed by atoms with van der Waals surface area (Å²) in [5.74, 6) is 1.15. The monoisotopic (exact) mass is 323 g/mol. The summed E-state index contributed by atoms with van der Waals surface area (Å²) in [5, 5.41) is 3.15. The van der Waals surface area contributed by atoms with Crippen molar-refractivity contribution in [1.82, 2.24) is 5.32 Å². The number of rotatable bonds is 3. The zero-order valence-electron chi connectivity index (χ0n) is 13.7. The van der Waals surface area contributed by atoms with E-state index in [1.807, 2.05) is 55.5 Å². The maximum absolute atomic E-state index is 13.1. The highest BCUT2D eigenvalue weighted by molar-refractivity contribution is 5.89. The van der Waals surface area contributed by atoms with Crippen molar-refractivity contribution in [2.75, 3.05) is 6.61 Å². The van der Waals surface area contributed by atoms with Crippen LogP contribution in [0.5, 0.6) is 11.5 Å². The first kappa shape index (κ1) is 15.2. The van der Waals surface area contributed by atoms with E-state index in [9.17, 15) is 4.79 Å². The van der Waals surface area contributed by atoms with Gasteiger partial charge in [-0.1, -0.05) is 36.4 Å². The number of para-hydroxylation sites is 2. The summed E-state index contributed by atoms with van der Waals surface area (Å²) in [4.78, 5) is 13.1. The van der Waals surface area contributed by atoms with Gasteiger partial charge in [-0.2, -0.15) is 0 Å². The lowest BCUT2D eigenvalue weighted by atomic mass is 9.87. The molecule has 4 rings (SSSR count). The van der Waals surface area contributed by atoms with E-state index in [0.717, 1.165) is 42.1 Å². The molecule has 0 saturated carbocycles. The number of ether oxygens (including phenoxy) is 2. The largest absolute Gasteiger partial charge is 0.457 e. The number of carbonyl (C=O) groups excluding carboxylic acids is 1. The number of benzene rings is 2. The predicted molar refractivity (Wildman–Crippen MR) is 91.4 cm³/mol. The Balaban J connectivity index is 1.65. The molecular formula is C20H21NO3. The second-order valence-corrected chi connectivity index (χ2v) is 6.46. The van der Waals surface area contributed by atoms with Crippen molar-refractivity contribution in [2.24, 2.45) is 0 Å². The van der Waals surface area contributed by atoms with Crippen LogP contribution >= 0.6 is 0 Å². The molecule has 0 radical (unpaired) electrons. The molecule has 2 aromatic carbocycles. The zero-order chi connectivity index (χ0) is 16.5. The number of amides is 1. The summed E-state index contributed by atoms with van der Waals surface area (Å²) in [5.41, 5.74) is 1.82. The van der Waals surface area contributed by atoms with E-state index in [4.69, 9.17) is 9.47 Å². The standard InChI is InChI=1S/C20H21NO3/c1-13(16-11-6-12-23-16)21-20(22)19-14-7-2-4-9-17(14)24-18-10-5-3-8-15(18)19/h2-5,7-10,13,16,19H,6,11-12H2,1H3,(H,21,22)/t13-,16+/m1/s1. The molecular weight excluding hydrogens is 302 g/mol. The van der Waals surface area contributed by atoms with Crippen molar-refractivity contribution in [3.05, 3.63) is 59.7 Å². The minimum absolute atomic E-state index is 0.00111. The molecule has 1 saturated heterocycles. The normalized spacial score (nSPS) is 20.6. The van der Waals surface area contributed by atoms with E-state index in [2.05, 4.69) is 5.32 Å². The van der Waals surface area contributed by atoms with Gasteiger partial charge >= 0.3 is 0 Å². The van der Waals surface area contributed by atoms with Gasteiger partial charge in [-0.3, -0.25) is 4.79 Å². The summed E-state index contributed by atoms with van der Waals surface area (Å²) < 4.78 is 11.7. The summed E-state index contributed by atoms with van der Waals surface area (Å²) in [7, 11) is 0. The van der Waals surface area contributed by atoms with Crippen LogP contribution in [-0.2, 0) is 9.53 Å². The molecule has 0 spiro atoms. The van der Waals surface area contributed by atoms with Crippen molar-refractivity contribution in [3.8, 4) is 11.5 Å². The number of fused-ring (bicyclic) bond motifs is 2. The van der Waals surface area contributed by atoms with Gasteiger partial charge in [0.05, 0.1) is 18.1 Å². The van der Waals surface area contributed by atoms with E-state index in [0.29, 0.717) is 0 Å². The second-order valence-electron chi connectivity index (χ2n) is 6.46. The molecule has 124 valence electrons. The first-order chi connectivity index (χ1) is 11.7. The smallest absolute Gasteiger partial charge is 0.232 e. The van der Waals surface area contributed by atoms with E-state index in [1.54, 1.807) is 0 Å². The predicted octanol–water partition coefficient (Wildman–Crippen LogP) is 3.61. The molecule has 2 atom stereocenters. The molecule has 1 amide bonds. The number of hydrogen-bond donors (Lipinski definition) is 1. The molecule has 0 aromatic heterocycles. The second kappa shape index (κ2) is 6.29. The van der Waals surface area contributed by atoms with E-state index in [-0.39, 0.29) is 24.0 Å². The van der Waals surface area contributed by atoms with Gasteiger partial charge < -0.3 is 14.8 Å². The number of nitrogens with one attached hydrogen (secondary N) is 1. The maximum atomic E-state index is 13.1. The minimum atomic E-state index is -0.352. The van der Waals surface area contributed by atoms with Gasteiger partial charge in [-0.15, -0.1) is 0 Å². The Morgan fingerprint density at radius 1 is 1.08 bits per heavy atom. The fraction of sp³-hybridized carbons (Fsp3) is 0.350. The maximum Gasteiger partial charge on any atom is 0.232 e. The van der Waals surface area contributed by atoms with Gasteiger partial charge in [0.15, 0.2) is 0 Å². The highest BCUT2D eigenvalue weighted by atomic mass is 16.5. The van der Waals surface area contributed by atoms with Crippen LogP contribution in [-0.4, -0.2) is 24.7 Å². The lowest BCUT2D eigenvalue weighted by Crippen LogP contribution is -2.43. The Morgan fingerprint density at radius 3 is 2.29 bits per heavy atom. The lowest BCUT2D eigenvalue weighted by Gasteiger charge is -2.29. The van der Waals surface area contributed by atoms with Crippen LogP contribution in [0.4, 0.5) is 0 Å². The Bertz CT molecular complexity index is 707. The van der Waals surface area contributed by atoms with Gasteiger partial charge in [-0.25, -0.2) is 0 Å². The van der Waals surface area contributed by atoms with Crippen LogP contribution in [0.15, 0.2) is 48.5 Å². The van der Waals surface area contributed by atoms with Crippen LogP contribution < -0.4 is 10.1 Å². The quantitative estimate of drug-likeness (QED) is 0.939. The van der Waals surface area contributed by atoms with Gasteiger partial charge in [-0.05, 0) is 31.9 Å². The summed E-state index contributed by atoms with van der Waals surface area (Å²) in [6.07, 6.45) is 2.18. The molecule has 4 nitrogen and oxygen atoms in total. The Morgan fingerprint density at radius 2 is 1.71 bits per heavy atom. The molecule has 1 fully saturated rings. The molecule has 2 aromatic rings. The fourth-order valence-electron chi connectivity index (χ4n) is 3.59. The van der Waals surface area contributed by atoms with Crippen molar-refractivity contribution in [2.45, 2.75) is 37.8 Å². The summed E-state index contributed by atoms with van der Waals surface area (Å²) in [6.45, 7) is 2.80. The Labute approximate surface area is 141 Å². The first-order valence-electron chi connectivity index (χ1n) is 8.52. The molecule has 4 heteroatoms. The van der Waals surface area contributed by atoms with Crippen LogP contribution in [0.25, 0.3) is 0 Å². The minimum Gasteiger partial charge on any atom is -0.457 e. The van der Waals surface area contributed by atoms with Crippen molar-refractivity contribution in [1.29, 1.82) is 0 Å². The molecule has 0 aliphatic carbocycles. The zero-order valence-corrected chi connectivity index (χ0v) is 13.7. The highest BCUT2D eigenvalue weighted by Crippen LogP contribution is 2.43. The molecule has 2 aliphatic heterocycles.